The lowest BCUT2D eigenvalue weighted by Gasteiger charge is -2.34. The molecule has 0 unspecified atom stereocenters. The third-order valence-corrected chi connectivity index (χ3v) is 6.55. The Labute approximate surface area is 184 Å². The Balaban J connectivity index is 1.45. The third-order valence-electron chi connectivity index (χ3n) is 5.28. The van der Waals surface area contributed by atoms with Crippen LogP contribution in [0.1, 0.15) is 5.56 Å². The van der Waals surface area contributed by atoms with Crippen molar-refractivity contribution in [3.63, 3.8) is 0 Å². The predicted octanol–water partition coefficient (Wildman–Crippen LogP) is 1.85. The minimum absolute atomic E-state index is 0.108. The number of anilines is 2. The quantitative estimate of drug-likeness (QED) is 0.667. The molecular weight excluding hydrogens is 416 g/mol. The summed E-state index contributed by atoms with van der Waals surface area (Å²) in [5, 5.41) is 2.84. The van der Waals surface area contributed by atoms with Gasteiger partial charge in [0.05, 0.1) is 6.26 Å². The molecule has 0 bridgehead atoms. The van der Waals surface area contributed by atoms with E-state index in [1.165, 1.54) is 17.6 Å². The summed E-state index contributed by atoms with van der Waals surface area (Å²) in [4.78, 5) is 16.9. The highest BCUT2D eigenvalue weighted by atomic mass is 32.2. The van der Waals surface area contributed by atoms with Crippen molar-refractivity contribution < 1.29 is 17.9 Å². The minimum Gasteiger partial charge on any atom is -0.484 e. The second-order valence-corrected chi connectivity index (χ2v) is 9.93. The lowest BCUT2D eigenvalue weighted by atomic mass is 10.2. The van der Waals surface area contributed by atoms with E-state index < -0.39 is 10.0 Å². The summed E-state index contributed by atoms with van der Waals surface area (Å²) >= 11 is 0. The predicted molar refractivity (Wildman–Crippen MR) is 123 cm³/mol. The summed E-state index contributed by atoms with van der Waals surface area (Å²) in [5.41, 5.74) is 2.72. The first-order valence-electron chi connectivity index (χ1n) is 10.2. The molecule has 1 fully saturated rings. The van der Waals surface area contributed by atoms with Crippen LogP contribution in [0.25, 0.3) is 0 Å². The molecule has 2 aromatic rings. The number of amides is 1. The Morgan fingerprint density at radius 3 is 2.23 bits per heavy atom. The van der Waals surface area contributed by atoms with Gasteiger partial charge in [-0.3, -0.25) is 4.79 Å². The molecular formula is C22H30N4O4S. The van der Waals surface area contributed by atoms with E-state index in [9.17, 15) is 13.2 Å². The molecule has 31 heavy (non-hydrogen) atoms. The Bertz CT molecular complexity index is 970. The third kappa shape index (κ3) is 6.95. The van der Waals surface area contributed by atoms with Crippen molar-refractivity contribution in [2.75, 3.05) is 63.4 Å². The van der Waals surface area contributed by atoms with Crippen molar-refractivity contribution in [1.29, 1.82) is 0 Å². The molecule has 1 aliphatic rings. The fraction of sp³-hybridized carbons (Fsp3) is 0.409. The number of likely N-dealkylation sites (N-methyl/N-ethyl adjacent to an activating group) is 1. The molecule has 2 aromatic carbocycles. The molecule has 0 aliphatic carbocycles. The van der Waals surface area contributed by atoms with Gasteiger partial charge in [-0.1, -0.05) is 12.1 Å². The van der Waals surface area contributed by atoms with Gasteiger partial charge in [-0.25, -0.2) is 12.7 Å². The number of hydrogen-bond donors (Lipinski definition) is 1. The van der Waals surface area contributed by atoms with E-state index in [0.29, 0.717) is 5.75 Å². The summed E-state index contributed by atoms with van der Waals surface area (Å²) in [6.07, 6.45) is 1.17. The van der Waals surface area contributed by atoms with Gasteiger partial charge in [-0.15, -0.1) is 0 Å². The van der Waals surface area contributed by atoms with Crippen molar-refractivity contribution in [3.8, 4) is 5.75 Å². The zero-order valence-electron chi connectivity index (χ0n) is 18.2. The molecule has 0 aromatic heterocycles. The van der Waals surface area contributed by atoms with Gasteiger partial charge in [0.2, 0.25) is 10.0 Å². The standard InChI is InChI=1S/C22H30N4O4S/c1-24-12-14-26(15-13-24)20-8-6-19(7-9-20)23-22(27)17-30-21-10-4-18(5-11-21)16-25(2)31(3,28)29/h4-11H,12-17H2,1-3H3,(H,23,27). The van der Waals surface area contributed by atoms with Crippen molar-refractivity contribution in [2.24, 2.45) is 0 Å². The van der Waals surface area contributed by atoms with Gasteiger partial charge in [0, 0.05) is 51.1 Å². The Kier molecular flexibility index (Phi) is 7.53. The van der Waals surface area contributed by atoms with Crippen LogP contribution in [-0.4, -0.2) is 76.7 Å². The molecule has 1 heterocycles. The Hall–Kier alpha value is -2.62. The largest absolute Gasteiger partial charge is 0.484 e. The summed E-state index contributed by atoms with van der Waals surface area (Å²) in [7, 11) is 0.429. The second kappa shape index (κ2) is 10.1. The van der Waals surface area contributed by atoms with Crippen LogP contribution in [0, 0.1) is 0 Å². The lowest BCUT2D eigenvalue weighted by Crippen LogP contribution is -2.44. The number of ether oxygens (including phenoxy) is 1. The SMILES string of the molecule is CN1CCN(c2ccc(NC(=O)COc3ccc(CN(C)S(C)(=O)=O)cc3)cc2)CC1. The van der Waals surface area contributed by atoms with Gasteiger partial charge in [-0.2, -0.15) is 0 Å². The average Bonchev–Trinajstić information content (AvgIpc) is 2.74. The van der Waals surface area contributed by atoms with Crippen LogP contribution in [0.15, 0.2) is 48.5 Å². The molecule has 1 amide bonds. The van der Waals surface area contributed by atoms with Gasteiger partial charge >= 0.3 is 0 Å². The van der Waals surface area contributed by atoms with Crippen LogP contribution < -0.4 is 15.0 Å². The van der Waals surface area contributed by atoms with Gasteiger partial charge in [0.25, 0.3) is 5.91 Å². The van der Waals surface area contributed by atoms with E-state index in [1.54, 1.807) is 24.3 Å². The number of carbonyl (C=O) groups excluding carboxylic acids is 1. The number of rotatable bonds is 8. The summed E-state index contributed by atoms with van der Waals surface area (Å²) in [6.45, 7) is 4.27. The van der Waals surface area contributed by atoms with E-state index in [1.807, 2.05) is 24.3 Å². The zero-order valence-corrected chi connectivity index (χ0v) is 19.1. The number of nitrogens with one attached hydrogen (secondary N) is 1. The van der Waals surface area contributed by atoms with Crippen molar-refractivity contribution >= 4 is 27.3 Å². The summed E-state index contributed by atoms with van der Waals surface area (Å²) < 4.78 is 29.8. The normalized spacial score (nSPS) is 15.2. The molecule has 0 spiro atoms. The molecule has 1 aliphatic heterocycles. The number of hydrogen-bond acceptors (Lipinski definition) is 6. The summed E-state index contributed by atoms with van der Waals surface area (Å²) in [6, 6.07) is 14.9. The lowest BCUT2D eigenvalue weighted by molar-refractivity contribution is -0.118. The van der Waals surface area contributed by atoms with Crippen molar-refractivity contribution in [1.82, 2.24) is 9.21 Å². The maximum Gasteiger partial charge on any atom is 0.262 e. The fourth-order valence-electron chi connectivity index (χ4n) is 3.23. The first kappa shape index (κ1) is 23.1. The van der Waals surface area contributed by atoms with Crippen LogP contribution in [0.4, 0.5) is 11.4 Å². The minimum atomic E-state index is -3.23. The van der Waals surface area contributed by atoms with Gasteiger partial charge in [0.15, 0.2) is 6.61 Å². The summed E-state index contributed by atoms with van der Waals surface area (Å²) in [5.74, 6) is 0.305. The molecule has 0 radical (unpaired) electrons. The smallest absolute Gasteiger partial charge is 0.262 e. The first-order valence-corrected chi connectivity index (χ1v) is 12.0. The first-order chi connectivity index (χ1) is 14.7. The van der Waals surface area contributed by atoms with Crippen LogP contribution in [0.2, 0.25) is 0 Å². The van der Waals surface area contributed by atoms with E-state index >= 15 is 0 Å². The van der Waals surface area contributed by atoms with Crippen molar-refractivity contribution in [2.45, 2.75) is 6.54 Å². The Morgan fingerprint density at radius 2 is 1.65 bits per heavy atom. The zero-order chi connectivity index (χ0) is 22.4. The van der Waals surface area contributed by atoms with Crippen LogP contribution in [0.3, 0.4) is 0 Å². The molecule has 1 N–H and O–H groups in total. The fourth-order valence-corrected chi connectivity index (χ4v) is 3.62. The second-order valence-electron chi connectivity index (χ2n) is 7.84. The number of nitrogens with zero attached hydrogens (tertiary/aromatic N) is 3. The highest BCUT2D eigenvalue weighted by molar-refractivity contribution is 7.88. The van der Waals surface area contributed by atoms with Gasteiger partial charge in [0.1, 0.15) is 5.75 Å². The molecule has 168 valence electrons. The maximum atomic E-state index is 12.2. The highest BCUT2D eigenvalue weighted by Gasteiger charge is 2.14. The topological polar surface area (TPSA) is 82.2 Å². The molecule has 8 nitrogen and oxygen atoms in total. The van der Waals surface area contributed by atoms with E-state index in [4.69, 9.17) is 4.74 Å². The maximum absolute atomic E-state index is 12.2. The van der Waals surface area contributed by atoms with Crippen molar-refractivity contribution in [3.05, 3.63) is 54.1 Å². The number of piperazine rings is 1. The molecule has 9 heteroatoms. The van der Waals surface area contributed by atoms with Crippen LogP contribution in [-0.2, 0) is 21.4 Å². The monoisotopic (exact) mass is 446 g/mol. The molecule has 0 saturated carbocycles. The van der Waals surface area contributed by atoms with Crippen LogP contribution >= 0.6 is 0 Å². The van der Waals surface area contributed by atoms with E-state index in [-0.39, 0.29) is 19.1 Å². The average molecular weight is 447 g/mol. The number of sulfonamides is 1. The highest BCUT2D eigenvalue weighted by Crippen LogP contribution is 2.19. The van der Waals surface area contributed by atoms with Crippen LogP contribution in [0.5, 0.6) is 5.75 Å². The molecule has 3 rings (SSSR count). The van der Waals surface area contributed by atoms with Gasteiger partial charge < -0.3 is 19.9 Å². The molecule has 0 atom stereocenters. The Morgan fingerprint density at radius 1 is 1.03 bits per heavy atom. The number of benzene rings is 2. The van der Waals surface area contributed by atoms with E-state index in [2.05, 4.69) is 22.2 Å². The number of carbonyl (C=O) groups is 1. The molecule has 1 saturated heterocycles. The van der Waals surface area contributed by atoms with E-state index in [0.717, 1.165) is 43.1 Å². The van der Waals surface area contributed by atoms with Gasteiger partial charge in [-0.05, 0) is 49.0 Å².